The number of rotatable bonds is 3. The molecule has 1 aromatic rings. The summed E-state index contributed by atoms with van der Waals surface area (Å²) in [6.45, 7) is 1.44. The first kappa shape index (κ1) is 10.4. The van der Waals surface area contributed by atoms with Crippen LogP contribution in [0.5, 0.6) is 0 Å². The number of aliphatic imine (C=N–C) groups is 1. The molecule has 1 aliphatic heterocycles. The van der Waals surface area contributed by atoms with Gasteiger partial charge in [0, 0.05) is 19.0 Å². The molecule has 0 atom stereocenters. The zero-order valence-electron chi connectivity index (χ0n) is 8.32. The Hall–Kier alpha value is -1.09. The van der Waals surface area contributed by atoms with E-state index >= 15 is 0 Å². The van der Waals surface area contributed by atoms with Gasteiger partial charge in [0.15, 0.2) is 0 Å². The molecular formula is C12H12BrNO. The number of allylic oxidation sites excluding steroid dienone is 1. The van der Waals surface area contributed by atoms with Crippen LogP contribution in [0.1, 0.15) is 12.0 Å². The van der Waals surface area contributed by atoms with Gasteiger partial charge in [0.05, 0.1) is 0 Å². The molecule has 0 aromatic heterocycles. The van der Waals surface area contributed by atoms with Crippen molar-refractivity contribution < 1.29 is 4.74 Å². The van der Waals surface area contributed by atoms with E-state index < -0.39 is 0 Å². The number of hydrogen-bond donors (Lipinski definition) is 0. The first-order valence-electron chi connectivity index (χ1n) is 4.92. The van der Waals surface area contributed by atoms with Crippen LogP contribution in [0.2, 0.25) is 0 Å². The Morgan fingerprint density at radius 3 is 2.80 bits per heavy atom. The van der Waals surface area contributed by atoms with E-state index in [4.69, 9.17) is 4.74 Å². The van der Waals surface area contributed by atoms with E-state index in [-0.39, 0.29) is 0 Å². The highest BCUT2D eigenvalue weighted by molar-refractivity contribution is 9.18. The molecule has 1 heterocycles. The van der Waals surface area contributed by atoms with Gasteiger partial charge in [-0.2, -0.15) is 0 Å². The first-order valence-corrected chi connectivity index (χ1v) is 5.71. The van der Waals surface area contributed by atoms with Crippen LogP contribution in [-0.2, 0) is 11.3 Å². The van der Waals surface area contributed by atoms with E-state index in [0.717, 1.165) is 23.3 Å². The number of benzene rings is 1. The highest BCUT2D eigenvalue weighted by Gasteiger charge is 2.05. The number of dihydropyridines is 1. The smallest absolute Gasteiger partial charge is 0.113 e. The maximum Gasteiger partial charge on any atom is 0.113 e. The van der Waals surface area contributed by atoms with Crippen LogP contribution in [0.15, 0.2) is 47.2 Å². The van der Waals surface area contributed by atoms with Gasteiger partial charge >= 0.3 is 0 Å². The van der Waals surface area contributed by atoms with Gasteiger partial charge in [-0.25, -0.2) is 0 Å². The summed E-state index contributed by atoms with van der Waals surface area (Å²) in [4.78, 5) is 4.21. The minimum Gasteiger partial charge on any atom is -0.493 e. The Labute approximate surface area is 97.8 Å². The number of nitrogens with zero attached hydrogens (tertiary/aromatic N) is 1. The van der Waals surface area contributed by atoms with E-state index in [0.29, 0.717) is 6.61 Å². The molecule has 1 aromatic carbocycles. The molecular weight excluding hydrogens is 254 g/mol. The summed E-state index contributed by atoms with van der Waals surface area (Å²) in [7, 11) is 0. The Kier molecular flexibility index (Phi) is 3.56. The molecule has 3 heteroatoms. The standard InChI is InChI=1S/C12H12BrNO/c13-12-8-11(6-7-14-12)15-9-10-4-2-1-3-5-10/h1-5,8H,6-7,9H2. The highest BCUT2D eigenvalue weighted by Crippen LogP contribution is 2.14. The summed E-state index contributed by atoms with van der Waals surface area (Å²) in [6.07, 6.45) is 2.83. The van der Waals surface area contributed by atoms with Crippen molar-refractivity contribution in [2.45, 2.75) is 13.0 Å². The van der Waals surface area contributed by atoms with Crippen molar-refractivity contribution in [3.05, 3.63) is 47.7 Å². The molecule has 2 nitrogen and oxygen atoms in total. The predicted molar refractivity (Wildman–Crippen MR) is 65.2 cm³/mol. The minimum atomic E-state index is 0.632. The van der Waals surface area contributed by atoms with E-state index in [2.05, 4.69) is 33.1 Å². The van der Waals surface area contributed by atoms with E-state index in [1.54, 1.807) is 0 Å². The van der Waals surface area contributed by atoms with Gasteiger partial charge in [0.25, 0.3) is 0 Å². The fourth-order valence-electron chi connectivity index (χ4n) is 1.39. The summed E-state index contributed by atoms with van der Waals surface area (Å²) in [5, 5.41) is 0. The average molecular weight is 266 g/mol. The van der Waals surface area contributed by atoms with E-state index in [1.165, 1.54) is 5.56 Å². The third kappa shape index (κ3) is 3.20. The molecule has 15 heavy (non-hydrogen) atoms. The van der Waals surface area contributed by atoms with Gasteiger partial charge in [0.2, 0.25) is 0 Å². The summed E-state index contributed by atoms with van der Waals surface area (Å²) in [5.41, 5.74) is 1.19. The molecule has 0 spiro atoms. The Morgan fingerprint density at radius 1 is 1.27 bits per heavy atom. The van der Waals surface area contributed by atoms with Crippen molar-refractivity contribution in [3.63, 3.8) is 0 Å². The molecule has 0 aliphatic carbocycles. The van der Waals surface area contributed by atoms with Crippen LogP contribution in [0.4, 0.5) is 0 Å². The zero-order chi connectivity index (χ0) is 10.5. The number of hydrogen-bond acceptors (Lipinski definition) is 2. The van der Waals surface area contributed by atoms with Crippen molar-refractivity contribution in [3.8, 4) is 0 Å². The molecule has 0 fully saturated rings. The lowest BCUT2D eigenvalue weighted by Gasteiger charge is -2.12. The molecule has 0 unspecified atom stereocenters. The lowest BCUT2D eigenvalue weighted by Crippen LogP contribution is -2.02. The van der Waals surface area contributed by atoms with Gasteiger partial charge in [-0.05, 0) is 21.5 Å². The average Bonchev–Trinajstić information content (AvgIpc) is 2.28. The van der Waals surface area contributed by atoms with Gasteiger partial charge in [-0.3, -0.25) is 4.99 Å². The van der Waals surface area contributed by atoms with Crippen LogP contribution < -0.4 is 0 Å². The van der Waals surface area contributed by atoms with Crippen LogP contribution >= 0.6 is 15.9 Å². The molecule has 0 N–H and O–H groups in total. The molecule has 0 saturated carbocycles. The summed E-state index contributed by atoms with van der Waals surface area (Å²) >= 11 is 3.35. The molecule has 1 aliphatic rings. The van der Waals surface area contributed by atoms with Crippen molar-refractivity contribution in [1.29, 1.82) is 0 Å². The fourth-order valence-corrected chi connectivity index (χ4v) is 1.82. The van der Waals surface area contributed by atoms with Gasteiger partial charge < -0.3 is 4.74 Å². The maximum atomic E-state index is 5.69. The second-order valence-corrected chi connectivity index (χ2v) is 4.15. The van der Waals surface area contributed by atoms with Gasteiger partial charge in [-0.15, -0.1) is 0 Å². The van der Waals surface area contributed by atoms with E-state index in [9.17, 15) is 0 Å². The summed E-state index contributed by atoms with van der Waals surface area (Å²) in [5.74, 6) is 1.00. The normalized spacial score (nSPS) is 15.5. The van der Waals surface area contributed by atoms with Gasteiger partial charge in [-0.1, -0.05) is 30.3 Å². The molecule has 78 valence electrons. The van der Waals surface area contributed by atoms with Crippen LogP contribution in [-0.4, -0.2) is 11.2 Å². The first-order chi connectivity index (χ1) is 7.34. The third-order valence-corrected chi connectivity index (χ3v) is 2.65. The van der Waals surface area contributed by atoms with Crippen LogP contribution in [0, 0.1) is 0 Å². The van der Waals surface area contributed by atoms with Crippen molar-refractivity contribution in [2.24, 2.45) is 4.99 Å². The Bertz CT molecular complexity index is 384. The molecule has 0 amide bonds. The molecule has 0 saturated heterocycles. The molecule has 2 rings (SSSR count). The molecule has 0 radical (unpaired) electrons. The lowest BCUT2D eigenvalue weighted by atomic mass is 10.2. The maximum absolute atomic E-state index is 5.69. The topological polar surface area (TPSA) is 21.6 Å². The molecule has 0 bridgehead atoms. The Balaban J connectivity index is 1.91. The van der Waals surface area contributed by atoms with Crippen LogP contribution in [0.25, 0.3) is 0 Å². The van der Waals surface area contributed by atoms with E-state index in [1.807, 2.05) is 24.3 Å². The minimum absolute atomic E-state index is 0.632. The van der Waals surface area contributed by atoms with Crippen LogP contribution in [0.3, 0.4) is 0 Å². The van der Waals surface area contributed by atoms with Crippen molar-refractivity contribution >= 4 is 20.6 Å². The van der Waals surface area contributed by atoms with Crippen molar-refractivity contribution in [2.75, 3.05) is 6.54 Å². The monoisotopic (exact) mass is 265 g/mol. The second kappa shape index (κ2) is 5.12. The van der Waals surface area contributed by atoms with Gasteiger partial charge in [0.1, 0.15) is 17.0 Å². The fraction of sp³-hybridized carbons (Fsp3) is 0.250. The number of ether oxygens (including phenoxy) is 1. The predicted octanol–water partition coefficient (Wildman–Crippen LogP) is 3.28. The third-order valence-electron chi connectivity index (χ3n) is 2.17. The lowest BCUT2D eigenvalue weighted by molar-refractivity contribution is 0.190. The quantitative estimate of drug-likeness (QED) is 0.822. The summed E-state index contributed by atoms with van der Waals surface area (Å²) < 4.78 is 6.56. The second-order valence-electron chi connectivity index (χ2n) is 3.34. The summed E-state index contributed by atoms with van der Waals surface area (Å²) in [6, 6.07) is 10.2. The zero-order valence-corrected chi connectivity index (χ0v) is 9.90. The highest BCUT2D eigenvalue weighted by atomic mass is 79.9. The SMILES string of the molecule is BrC1=NCCC(OCc2ccccc2)=C1. The Morgan fingerprint density at radius 2 is 2.07 bits per heavy atom. The number of halogens is 1. The largest absolute Gasteiger partial charge is 0.493 e. The van der Waals surface area contributed by atoms with Crippen molar-refractivity contribution in [1.82, 2.24) is 0 Å².